The lowest BCUT2D eigenvalue weighted by molar-refractivity contribution is -0.172. The molecule has 0 saturated heterocycles. The van der Waals surface area contributed by atoms with Crippen LogP contribution in [0.4, 0.5) is 0 Å². The first-order valence-electron chi connectivity index (χ1n) is 10.3. The molecule has 0 radical (unpaired) electrons. The summed E-state index contributed by atoms with van der Waals surface area (Å²) in [4.78, 5) is 48.7. The average molecular weight is 468 g/mol. The first-order valence-corrected chi connectivity index (χ1v) is 10.3. The molecule has 4 heterocycles. The summed E-state index contributed by atoms with van der Waals surface area (Å²) in [6, 6.07) is 8.48. The van der Waals surface area contributed by atoms with Crippen molar-refractivity contribution < 1.29 is 39.5 Å². The van der Waals surface area contributed by atoms with Gasteiger partial charge < -0.3 is 29.7 Å². The van der Waals surface area contributed by atoms with Crippen LogP contribution in [-0.2, 0) is 37.9 Å². The largest absolute Gasteiger partial charge is 0.508 e. The number of phenols is 1. The zero-order chi connectivity index (χ0) is 24.8. The number of aliphatic hydroxyl groups is 1. The van der Waals surface area contributed by atoms with Gasteiger partial charge in [0.05, 0.1) is 29.0 Å². The quantitative estimate of drug-likeness (QED) is 0.253. The predicted molar refractivity (Wildman–Crippen MR) is 116 cm³/mol. The van der Waals surface area contributed by atoms with Crippen molar-refractivity contribution in [1.82, 2.24) is 9.55 Å². The molecule has 4 N–H and O–H groups in total. The van der Waals surface area contributed by atoms with Gasteiger partial charge in [0.1, 0.15) is 18.8 Å². The molecular formula is C23H20N2O9. The highest BCUT2D eigenvalue weighted by atomic mass is 16.6. The molecule has 5 rings (SSSR count). The van der Waals surface area contributed by atoms with Gasteiger partial charge in [0.15, 0.2) is 5.60 Å². The molecule has 2 aliphatic heterocycles. The first-order chi connectivity index (χ1) is 16.0. The van der Waals surface area contributed by atoms with Gasteiger partial charge in [-0.05, 0) is 36.8 Å². The van der Waals surface area contributed by atoms with E-state index in [0.29, 0.717) is 34.6 Å². The molecule has 34 heavy (non-hydrogen) atoms. The Bertz CT molecular complexity index is 1410. The summed E-state index contributed by atoms with van der Waals surface area (Å²) in [5.41, 5.74) is 1.25. The van der Waals surface area contributed by atoms with Gasteiger partial charge in [-0.1, -0.05) is 6.92 Å². The number of nitrogens with zero attached hydrogens (tertiary/aromatic N) is 2. The van der Waals surface area contributed by atoms with Crippen molar-refractivity contribution >= 4 is 28.8 Å². The fraction of sp³-hybridized carbons (Fsp3) is 0.261. The normalized spacial score (nSPS) is 17.6. The molecule has 3 aromatic rings. The lowest BCUT2D eigenvalue weighted by Gasteiger charge is -2.31. The van der Waals surface area contributed by atoms with Gasteiger partial charge in [0, 0.05) is 16.5 Å². The first kappa shape index (κ1) is 22.9. The van der Waals surface area contributed by atoms with Crippen LogP contribution in [0.25, 0.3) is 22.3 Å². The van der Waals surface area contributed by atoms with Crippen molar-refractivity contribution in [2.24, 2.45) is 0 Å². The highest BCUT2D eigenvalue weighted by Crippen LogP contribution is 2.38. The van der Waals surface area contributed by atoms with Crippen LogP contribution in [0.2, 0.25) is 0 Å². The summed E-state index contributed by atoms with van der Waals surface area (Å²) < 4.78 is 6.65. The van der Waals surface area contributed by atoms with Crippen molar-refractivity contribution in [3.63, 3.8) is 0 Å². The van der Waals surface area contributed by atoms with Crippen LogP contribution in [0.15, 0.2) is 35.1 Å². The number of phenolic OH excluding ortho intramolecular Hbond substituents is 1. The van der Waals surface area contributed by atoms with Gasteiger partial charge in [-0.15, -0.1) is 0 Å². The SMILES string of the molecule is CCC1(O)C(=O)OCc2c1cc1n(c2=O)Cc2cc3cc(O)ccc3nc2-1.O=C(O)CC(=O)O. The fourth-order valence-corrected chi connectivity index (χ4v) is 4.10. The third-order valence-corrected chi connectivity index (χ3v) is 5.79. The van der Waals surface area contributed by atoms with Crippen LogP contribution in [0.3, 0.4) is 0 Å². The van der Waals surface area contributed by atoms with Crippen molar-refractivity contribution in [2.75, 3.05) is 0 Å². The van der Waals surface area contributed by atoms with E-state index in [4.69, 9.17) is 14.9 Å². The van der Waals surface area contributed by atoms with E-state index in [0.717, 1.165) is 10.9 Å². The monoisotopic (exact) mass is 468 g/mol. The van der Waals surface area contributed by atoms with Crippen LogP contribution in [0.5, 0.6) is 5.75 Å². The summed E-state index contributed by atoms with van der Waals surface area (Å²) in [6.07, 6.45) is -0.695. The van der Waals surface area contributed by atoms with E-state index < -0.39 is 29.9 Å². The van der Waals surface area contributed by atoms with Crippen molar-refractivity contribution in [2.45, 2.75) is 38.5 Å². The molecule has 11 heteroatoms. The van der Waals surface area contributed by atoms with Crippen LogP contribution in [0, 0.1) is 0 Å². The highest BCUT2D eigenvalue weighted by molar-refractivity contribution is 5.89. The molecule has 2 aromatic heterocycles. The number of carbonyl (C=O) groups is 3. The van der Waals surface area contributed by atoms with Crippen LogP contribution < -0.4 is 5.56 Å². The van der Waals surface area contributed by atoms with Gasteiger partial charge in [-0.2, -0.15) is 0 Å². The van der Waals surface area contributed by atoms with Crippen molar-refractivity contribution in [3.8, 4) is 17.1 Å². The average Bonchev–Trinajstić information content (AvgIpc) is 3.12. The highest BCUT2D eigenvalue weighted by Gasteiger charge is 2.45. The van der Waals surface area contributed by atoms with Crippen LogP contribution in [-0.4, -0.2) is 47.9 Å². The summed E-state index contributed by atoms with van der Waals surface area (Å²) >= 11 is 0. The predicted octanol–water partition coefficient (Wildman–Crippen LogP) is 1.33. The number of rotatable bonds is 3. The molecule has 0 bridgehead atoms. The number of aromatic hydroxyl groups is 1. The van der Waals surface area contributed by atoms with E-state index >= 15 is 0 Å². The minimum atomic E-state index is -1.83. The van der Waals surface area contributed by atoms with Crippen LogP contribution in [0.1, 0.15) is 36.5 Å². The minimum absolute atomic E-state index is 0.110. The van der Waals surface area contributed by atoms with E-state index in [2.05, 4.69) is 4.98 Å². The molecule has 176 valence electrons. The number of ether oxygens (including phenoxy) is 1. The second kappa shape index (κ2) is 8.27. The van der Waals surface area contributed by atoms with Gasteiger partial charge >= 0.3 is 17.9 Å². The van der Waals surface area contributed by atoms with Gasteiger partial charge in [0.25, 0.3) is 5.56 Å². The minimum Gasteiger partial charge on any atom is -0.508 e. The Morgan fingerprint density at radius 1 is 1.15 bits per heavy atom. The lowest BCUT2D eigenvalue weighted by Crippen LogP contribution is -2.44. The van der Waals surface area contributed by atoms with Crippen molar-refractivity contribution in [1.29, 1.82) is 0 Å². The number of carboxylic acids is 2. The van der Waals surface area contributed by atoms with Crippen molar-refractivity contribution in [3.05, 3.63) is 57.4 Å². The summed E-state index contributed by atoms with van der Waals surface area (Å²) in [5.74, 6) is -3.21. The van der Waals surface area contributed by atoms with Crippen LogP contribution >= 0.6 is 0 Å². The number of carbonyl (C=O) groups excluding carboxylic acids is 1. The number of benzene rings is 1. The fourth-order valence-electron chi connectivity index (χ4n) is 4.10. The summed E-state index contributed by atoms with van der Waals surface area (Å²) in [5, 5.41) is 36.7. The second-order valence-electron chi connectivity index (χ2n) is 7.94. The number of fused-ring (bicyclic) bond motifs is 5. The van der Waals surface area contributed by atoms with Gasteiger partial charge in [-0.25, -0.2) is 9.78 Å². The van der Waals surface area contributed by atoms with Gasteiger partial charge in [-0.3, -0.25) is 14.4 Å². The Morgan fingerprint density at radius 3 is 2.47 bits per heavy atom. The molecule has 0 saturated carbocycles. The molecule has 1 aromatic carbocycles. The number of pyridine rings is 2. The molecule has 0 aliphatic carbocycles. The summed E-state index contributed by atoms with van der Waals surface area (Å²) in [7, 11) is 0. The zero-order valence-electron chi connectivity index (χ0n) is 17.9. The molecule has 1 atom stereocenters. The maximum absolute atomic E-state index is 13.0. The Balaban J connectivity index is 0.000000344. The second-order valence-corrected chi connectivity index (χ2v) is 7.94. The summed E-state index contributed by atoms with van der Waals surface area (Å²) in [6.45, 7) is 1.87. The number of carboxylic acid groups (broad SMARTS) is 2. The number of esters is 1. The number of aromatic nitrogens is 2. The molecule has 1 unspecified atom stereocenters. The number of cyclic esters (lactones) is 1. The molecule has 2 aliphatic rings. The van der Waals surface area contributed by atoms with E-state index in [-0.39, 0.29) is 24.3 Å². The lowest BCUT2D eigenvalue weighted by atomic mass is 9.86. The number of hydrogen-bond donors (Lipinski definition) is 4. The van der Waals surface area contributed by atoms with Gasteiger partial charge in [0.2, 0.25) is 0 Å². The standard InChI is InChI=1S/C20H16N2O5.C3H4O4/c1-2-20(26)14-7-16-17-11(5-10-6-12(23)3-4-15(10)21-17)8-22(16)18(24)13(14)9-27-19(20)25;4-2(5)1-3(6)7/h3-7,23,26H,2,8-9H2,1H3;1H2,(H,4,5)(H,6,7). The smallest absolute Gasteiger partial charge is 0.343 e. The zero-order valence-corrected chi connectivity index (χ0v) is 17.9. The molecular weight excluding hydrogens is 448 g/mol. The number of hydrogen-bond acceptors (Lipinski definition) is 8. The Morgan fingerprint density at radius 2 is 1.85 bits per heavy atom. The third kappa shape index (κ3) is 3.75. The van der Waals surface area contributed by atoms with E-state index in [1.54, 1.807) is 35.8 Å². The molecule has 0 amide bonds. The maximum atomic E-state index is 13.0. The molecule has 11 nitrogen and oxygen atoms in total. The van der Waals surface area contributed by atoms with E-state index in [1.165, 1.54) is 0 Å². The topological polar surface area (TPSA) is 176 Å². The van der Waals surface area contributed by atoms with E-state index in [9.17, 15) is 29.4 Å². The Kier molecular flexibility index (Phi) is 5.57. The maximum Gasteiger partial charge on any atom is 0.343 e. The van der Waals surface area contributed by atoms with E-state index in [1.807, 2.05) is 6.07 Å². The Hall–Kier alpha value is -4.25. The third-order valence-electron chi connectivity index (χ3n) is 5.79. The number of aliphatic carboxylic acids is 2. The molecule has 0 fully saturated rings. The molecule has 0 spiro atoms. The Labute approximate surface area is 191 Å².